The zero-order chi connectivity index (χ0) is 22.7. The van der Waals surface area contributed by atoms with Crippen LogP contribution in [0.2, 0.25) is 0 Å². The second-order valence-corrected chi connectivity index (χ2v) is 10.3. The van der Waals surface area contributed by atoms with E-state index in [-0.39, 0.29) is 6.61 Å². The fraction of sp³-hybridized carbons (Fsp3) is 0.478. The Morgan fingerprint density at radius 2 is 1.72 bits per heavy atom. The van der Waals surface area contributed by atoms with Gasteiger partial charge in [-0.15, -0.1) is 0 Å². The molecule has 0 aliphatic carbocycles. The maximum atomic E-state index is 13.7. The first-order chi connectivity index (χ1) is 15.4. The Morgan fingerprint density at radius 3 is 2.38 bits per heavy atom. The molecule has 0 aromatic heterocycles. The molecule has 2 aliphatic rings. The minimum Gasteiger partial charge on any atom is -0.497 e. The van der Waals surface area contributed by atoms with Crippen LogP contribution in [-0.2, 0) is 21.4 Å². The Labute approximate surface area is 190 Å². The zero-order valence-corrected chi connectivity index (χ0v) is 19.6. The molecule has 32 heavy (non-hydrogen) atoms. The second-order valence-electron chi connectivity index (χ2n) is 8.14. The Hall–Kier alpha value is -2.17. The van der Waals surface area contributed by atoms with Crippen molar-refractivity contribution in [2.24, 2.45) is 0 Å². The van der Waals surface area contributed by atoms with E-state index in [0.29, 0.717) is 37.7 Å². The molecular formula is C23H31N3O5S. The number of ether oxygens (including phenoxy) is 2. The van der Waals surface area contributed by atoms with Crippen LogP contribution < -0.4 is 9.47 Å². The van der Waals surface area contributed by atoms with Crippen molar-refractivity contribution in [1.29, 1.82) is 0 Å². The van der Waals surface area contributed by atoms with Gasteiger partial charge in [-0.2, -0.15) is 9.37 Å². The number of nitrogens with zero attached hydrogens (tertiary/aromatic N) is 3. The molecule has 2 unspecified atom stereocenters. The summed E-state index contributed by atoms with van der Waals surface area (Å²) in [6, 6.07) is 15.2. The molecule has 8 nitrogen and oxygen atoms in total. The normalized spacial score (nSPS) is 23.3. The first kappa shape index (κ1) is 23.0. The van der Waals surface area contributed by atoms with E-state index in [1.807, 2.05) is 24.3 Å². The molecule has 2 fully saturated rings. The van der Waals surface area contributed by atoms with Crippen molar-refractivity contribution >= 4 is 10.0 Å². The molecule has 2 heterocycles. The van der Waals surface area contributed by atoms with Gasteiger partial charge in [0.1, 0.15) is 16.7 Å². The monoisotopic (exact) mass is 461 g/mol. The van der Waals surface area contributed by atoms with Crippen molar-refractivity contribution in [1.82, 2.24) is 14.3 Å². The van der Waals surface area contributed by atoms with Crippen LogP contribution in [0, 0.1) is 0 Å². The lowest BCUT2D eigenvalue weighted by atomic mass is 10.0. The summed E-state index contributed by atoms with van der Waals surface area (Å²) in [6.07, 6.45) is 0. The number of rotatable bonds is 7. The van der Waals surface area contributed by atoms with E-state index in [4.69, 9.17) is 14.3 Å². The molecule has 0 amide bonds. The highest BCUT2D eigenvalue weighted by Gasteiger charge is 2.47. The third kappa shape index (κ3) is 4.62. The van der Waals surface area contributed by atoms with Crippen LogP contribution in [0.1, 0.15) is 17.2 Å². The number of sulfonamides is 1. The molecule has 9 heteroatoms. The van der Waals surface area contributed by atoms with Crippen LogP contribution in [0.25, 0.3) is 0 Å². The van der Waals surface area contributed by atoms with Crippen molar-refractivity contribution < 1.29 is 22.7 Å². The molecule has 2 aliphatic heterocycles. The first-order valence-electron chi connectivity index (χ1n) is 10.8. The predicted molar refractivity (Wildman–Crippen MR) is 122 cm³/mol. The Bertz CT molecular complexity index is 1010. The van der Waals surface area contributed by atoms with Gasteiger partial charge in [-0.1, -0.05) is 30.3 Å². The lowest BCUT2D eigenvalue weighted by Gasteiger charge is -2.36. The van der Waals surface area contributed by atoms with Crippen LogP contribution in [0.4, 0.5) is 0 Å². The standard InChI is InChI=1S/C23H31N3O5S/c1-24-23(20-15-19(29-2)9-10-21(20)30-3)22(17-31-24)32(27,28)26-13-11-25(12-14-26)16-18-7-5-4-6-8-18/h4-10,15,22-23H,11-14,16-17H2,1-3H3. The van der Waals surface area contributed by atoms with Gasteiger partial charge in [-0.25, -0.2) is 8.42 Å². The fourth-order valence-corrected chi connectivity index (χ4v) is 6.42. The summed E-state index contributed by atoms with van der Waals surface area (Å²) in [4.78, 5) is 8.00. The highest BCUT2D eigenvalue weighted by atomic mass is 32.2. The van der Waals surface area contributed by atoms with E-state index in [1.165, 1.54) is 5.56 Å². The first-order valence-corrected chi connectivity index (χ1v) is 12.3. The van der Waals surface area contributed by atoms with Crippen LogP contribution in [-0.4, -0.2) is 82.0 Å². The summed E-state index contributed by atoms with van der Waals surface area (Å²) in [5, 5.41) is 0.889. The lowest BCUT2D eigenvalue weighted by molar-refractivity contribution is -0.110. The van der Waals surface area contributed by atoms with Crippen LogP contribution in [0.3, 0.4) is 0 Å². The van der Waals surface area contributed by atoms with Gasteiger partial charge in [0, 0.05) is 45.3 Å². The molecule has 0 N–H and O–H groups in total. The van der Waals surface area contributed by atoms with Gasteiger partial charge in [-0.3, -0.25) is 9.74 Å². The summed E-state index contributed by atoms with van der Waals surface area (Å²) < 4.78 is 39.8. The molecule has 2 aromatic rings. The van der Waals surface area contributed by atoms with E-state index in [9.17, 15) is 8.42 Å². The van der Waals surface area contributed by atoms with Crippen LogP contribution in [0.5, 0.6) is 11.5 Å². The maximum Gasteiger partial charge on any atom is 0.221 e. The number of hydrogen-bond donors (Lipinski definition) is 0. The second kappa shape index (κ2) is 9.76. The summed E-state index contributed by atoms with van der Waals surface area (Å²) >= 11 is 0. The van der Waals surface area contributed by atoms with Gasteiger partial charge < -0.3 is 9.47 Å². The van der Waals surface area contributed by atoms with Gasteiger partial charge >= 0.3 is 0 Å². The highest BCUT2D eigenvalue weighted by molar-refractivity contribution is 7.89. The minimum atomic E-state index is -3.59. The van der Waals surface area contributed by atoms with Gasteiger partial charge in [-0.05, 0) is 23.8 Å². The number of methoxy groups -OCH3 is 2. The summed E-state index contributed by atoms with van der Waals surface area (Å²) in [6.45, 7) is 3.27. The summed E-state index contributed by atoms with van der Waals surface area (Å²) in [5.41, 5.74) is 1.97. The van der Waals surface area contributed by atoms with E-state index >= 15 is 0 Å². The number of benzene rings is 2. The summed E-state index contributed by atoms with van der Waals surface area (Å²) in [7, 11) is 1.34. The van der Waals surface area contributed by atoms with Crippen molar-refractivity contribution in [3.05, 3.63) is 59.7 Å². The third-order valence-electron chi connectivity index (χ3n) is 6.26. The number of hydroxylamine groups is 2. The van der Waals surface area contributed by atoms with E-state index in [2.05, 4.69) is 17.0 Å². The third-order valence-corrected chi connectivity index (χ3v) is 8.51. The molecule has 2 saturated heterocycles. The average molecular weight is 462 g/mol. The molecular weight excluding hydrogens is 430 g/mol. The van der Waals surface area contributed by atoms with Crippen molar-refractivity contribution in [2.75, 3.05) is 54.1 Å². The lowest BCUT2D eigenvalue weighted by Crippen LogP contribution is -2.52. The van der Waals surface area contributed by atoms with Gasteiger partial charge in [0.25, 0.3) is 0 Å². The minimum absolute atomic E-state index is 0.105. The Morgan fingerprint density at radius 1 is 1.00 bits per heavy atom. The molecule has 174 valence electrons. The van der Waals surface area contributed by atoms with Crippen molar-refractivity contribution in [2.45, 2.75) is 17.8 Å². The van der Waals surface area contributed by atoms with Gasteiger partial charge in [0.05, 0.1) is 26.9 Å². The topological polar surface area (TPSA) is 71.5 Å². The van der Waals surface area contributed by atoms with Crippen molar-refractivity contribution in [3.63, 3.8) is 0 Å². The van der Waals surface area contributed by atoms with Gasteiger partial charge in [0.2, 0.25) is 10.0 Å². The molecule has 0 spiro atoms. The summed E-state index contributed by atoms with van der Waals surface area (Å²) in [5.74, 6) is 1.26. The Balaban J connectivity index is 1.51. The Kier molecular flexibility index (Phi) is 7.02. The quantitative estimate of drug-likeness (QED) is 0.626. The average Bonchev–Trinajstić information content (AvgIpc) is 3.21. The largest absolute Gasteiger partial charge is 0.497 e. The number of hydrogen-bond acceptors (Lipinski definition) is 7. The highest BCUT2D eigenvalue weighted by Crippen LogP contribution is 2.40. The van der Waals surface area contributed by atoms with E-state index < -0.39 is 21.3 Å². The number of piperazine rings is 1. The molecule has 0 bridgehead atoms. The predicted octanol–water partition coefficient (Wildman–Crippen LogP) is 2.14. The van der Waals surface area contributed by atoms with Crippen LogP contribution in [0.15, 0.2) is 48.5 Å². The van der Waals surface area contributed by atoms with Crippen LogP contribution >= 0.6 is 0 Å². The maximum absolute atomic E-state index is 13.7. The molecule has 4 rings (SSSR count). The van der Waals surface area contributed by atoms with Gasteiger partial charge in [0.15, 0.2) is 0 Å². The van der Waals surface area contributed by atoms with Crippen molar-refractivity contribution in [3.8, 4) is 11.5 Å². The van der Waals surface area contributed by atoms with E-state index in [1.54, 1.807) is 42.8 Å². The molecule has 0 saturated carbocycles. The fourth-order valence-electron chi connectivity index (χ4n) is 4.49. The molecule has 2 aromatic carbocycles. The van der Waals surface area contributed by atoms with E-state index in [0.717, 1.165) is 12.1 Å². The molecule has 2 atom stereocenters. The SMILES string of the molecule is COc1ccc(OC)c(C2C(S(=O)(=O)N3CCN(Cc4ccccc4)CC3)CON2C)c1. The smallest absolute Gasteiger partial charge is 0.221 e. The zero-order valence-electron chi connectivity index (χ0n) is 18.8. The molecule has 0 radical (unpaired) electrons.